The third-order valence-corrected chi connectivity index (χ3v) is 5.60. The van der Waals surface area contributed by atoms with Crippen LogP contribution in [-0.2, 0) is 9.59 Å². The van der Waals surface area contributed by atoms with Crippen molar-refractivity contribution in [1.29, 1.82) is 0 Å². The van der Waals surface area contributed by atoms with E-state index in [4.69, 9.17) is 16.3 Å². The maximum absolute atomic E-state index is 12.7. The Morgan fingerprint density at radius 1 is 1.28 bits per heavy atom. The topological polar surface area (TPSA) is 71.5 Å². The van der Waals surface area contributed by atoms with Crippen molar-refractivity contribution in [2.75, 3.05) is 23.4 Å². The fourth-order valence-electron chi connectivity index (χ4n) is 3.09. The van der Waals surface area contributed by atoms with Crippen LogP contribution in [-0.4, -0.2) is 29.9 Å². The number of hydrogen-bond acceptors (Lipinski definition) is 5. The second-order valence-corrected chi connectivity index (χ2v) is 8.21. The lowest BCUT2D eigenvalue weighted by Gasteiger charge is -2.29. The minimum atomic E-state index is -0.313. The predicted octanol–water partition coefficient (Wildman–Crippen LogP) is 4.44. The van der Waals surface area contributed by atoms with Crippen LogP contribution in [0, 0.1) is 13.8 Å². The summed E-state index contributed by atoms with van der Waals surface area (Å²) < 4.78 is 5.54. The maximum atomic E-state index is 12.7. The Hall–Kier alpha value is -2.90. The molecule has 0 radical (unpaired) electrons. The van der Waals surface area contributed by atoms with Gasteiger partial charge in [0.2, 0.25) is 5.91 Å². The van der Waals surface area contributed by atoms with E-state index >= 15 is 0 Å². The quantitative estimate of drug-likeness (QED) is 0.668. The molecule has 3 aromatic rings. The van der Waals surface area contributed by atoms with Gasteiger partial charge in [0.25, 0.3) is 5.91 Å². The van der Waals surface area contributed by atoms with Crippen LogP contribution in [0.2, 0.25) is 5.02 Å². The molecule has 8 heteroatoms. The highest BCUT2D eigenvalue weighted by Crippen LogP contribution is 2.36. The van der Waals surface area contributed by atoms with Gasteiger partial charge in [-0.1, -0.05) is 17.7 Å². The number of rotatable bonds is 4. The second-order valence-electron chi connectivity index (χ2n) is 6.71. The average Bonchev–Trinajstić information content (AvgIpc) is 3.13. The molecule has 2 heterocycles. The van der Waals surface area contributed by atoms with Crippen molar-refractivity contribution in [2.24, 2.45) is 0 Å². The number of thiazole rings is 1. The summed E-state index contributed by atoms with van der Waals surface area (Å²) in [5, 5.41) is 6.28. The Kier molecular flexibility index (Phi) is 5.25. The fourth-order valence-corrected chi connectivity index (χ4v) is 3.89. The average molecular weight is 428 g/mol. The molecular formula is C21H18ClN3O3S. The van der Waals surface area contributed by atoms with E-state index in [9.17, 15) is 9.59 Å². The van der Waals surface area contributed by atoms with Gasteiger partial charge in [-0.2, -0.15) is 0 Å². The number of hydrogen-bond donors (Lipinski definition) is 1. The number of aromatic nitrogens is 1. The SMILES string of the molecule is Cc1nc(-c2ccc3c(c2)N(CC(=O)Nc2cc(Cl)ccc2C)C(=O)CO3)cs1. The van der Waals surface area contributed by atoms with Gasteiger partial charge in [0.05, 0.1) is 16.4 Å². The highest BCUT2D eigenvalue weighted by molar-refractivity contribution is 7.09. The first-order valence-corrected chi connectivity index (χ1v) is 10.2. The van der Waals surface area contributed by atoms with Crippen LogP contribution in [0.3, 0.4) is 0 Å². The van der Waals surface area contributed by atoms with E-state index in [-0.39, 0.29) is 25.0 Å². The lowest BCUT2D eigenvalue weighted by molar-refractivity contribution is -0.123. The molecule has 4 rings (SSSR count). The molecule has 1 aromatic heterocycles. The number of fused-ring (bicyclic) bond motifs is 1. The summed E-state index contributed by atoms with van der Waals surface area (Å²) in [5.41, 5.74) is 3.75. The molecule has 2 aromatic carbocycles. The largest absolute Gasteiger partial charge is 0.482 e. The van der Waals surface area contributed by atoms with Crippen LogP contribution >= 0.6 is 22.9 Å². The Labute approximate surface area is 177 Å². The summed E-state index contributed by atoms with van der Waals surface area (Å²) in [5.74, 6) is -0.0272. The van der Waals surface area contributed by atoms with Gasteiger partial charge in [-0.3, -0.25) is 14.5 Å². The van der Waals surface area contributed by atoms with Crippen LogP contribution in [0.1, 0.15) is 10.6 Å². The van der Waals surface area contributed by atoms with E-state index in [0.717, 1.165) is 21.8 Å². The number of amides is 2. The Morgan fingerprint density at radius 3 is 2.86 bits per heavy atom. The summed E-state index contributed by atoms with van der Waals surface area (Å²) >= 11 is 7.58. The van der Waals surface area contributed by atoms with Gasteiger partial charge in [-0.25, -0.2) is 4.98 Å². The standard InChI is InChI=1S/C21H18ClN3O3S/c1-12-3-5-15(22)8-16(12)24-20(26)9-25-18-7-14(17-11-29-13(2)23-17)4-6-19(18)28-10-21(25)27/h3-8,11H,9-10H2,1-2H3,(H,24,26). The molecule has 2 amide bonds. The van der Waals surface area contributed by atoms with Crippen LogP contribution in [0.25, 0.3) is 11.3 Å². The van der Waals surface area contributed by atoms with Gasteiger partial charge >= 0.3 is 0 Å². The molecule has 0 atom stereocenters. The summed E-state index contributed by atoms with van der Waals surface area (Å²) in [6.07, 6.45) is 0. The van der Waals surface area contributed by atoms with E-state index < -0.39 is 0 Å². The summed E-state index contributed by atoms with van der Waals surface area (Å²) in [6, 6.07) is 10.8. The molecule has 0 spiro atoms. The number of carbonyl (C=O) groups excluding carboxylic acids is 2. The van der Waals surface area contributed by atoms with Gasteiger partial charge in [-0.15, -0.1) is 11.3 Å². The third kappa shape index (κ3) is 4.11. The number of nitrogens with zero attached hydrogens (tertiary/aromatic N) is 2. The van der Waals surface area contributed by atoms with Gasteiger partial charge < -0.3 is 10.1 Å². The highest BCUT2D eigenvalue weighted by atomic mass is 35.5. The van der Waals surface area contributed by atoms with E-state index in [1.807, 2.05) is 37.4 Å². The van der Waals surface area contributed by atoms with Crippen LogP contribution in [0.15, 0.2) is 41.8 Å². The Balaban J connectivity index is 1.60. The molecule has 0 fully saturated rings. The molecular weight excluding hydrogens is 410 g/mol. The second kappa shape index (κ2) is 7.85. The first-order chi connectivity index (χ1) is 13.9. The van der Waals surface area contributed by atoms with Crippen molar-refractivity contribution < 1.29 is 14.3 Å². The van der Waals surface area contributed by atoms with Crippen LogP contribution < -0.4 is 15.0 Å². The van der Waals surface area contributed by atoms with Crippen molar-refractivity contribution in [2.45, 2.75) is 13.8 Å². The monoisotopic (exact) mass is 427 g/mol. The summed E-state index contributed by atoms with van der Waals surface area (Å²) in [4.78, 5) is 31.1. The minimum Gasteiger partial charge on any atom is -0.482 e. The molecule has 1 aliphatic heterocycles. The molecule has 0 aliphatic carbocycles. The van der Waals surface area contributed by atoms with Gasteiger partial charge in [0.15, 0.2) is 6.61 Å². The number of carbonyl (C=O) groups is 2. The normalized spacial score (nSPS) is 13.1. The van der Waals surface area contributed by atoms with Crippen LogP contribution in [0.5, 0.6) is 5.75 Å². The third-order valence-electron chi connectivity index (χ3n) is 4.59. The number of benzene rings is 2. The van der Waals surface area contributed by atoms with Gasteiger partial charge in [0.1, 0.15) is 12.3 Å². The van der Waals surface area contributed by atoms with E-state index in [1.165, 1.54) is 4.90 Å². The van der Waals surface area contributed by atoms with Crippen LogP contribution in [0.4, 0.5) is 11.4 Å². The molecule has 29 heavy (non-hydrogen) atoms. The molecule has 148 valence electrons. The zero-order chi connectivity index (χ0) is 20.5. The first-order valence-electron chi connectivity index (χ1n) is 8.96. The number of nitrogens with one attached hydrogen (secondary N) is 1. The maximum Gasteiger partial charge on any atom is 0.265 e. The number of halogens is 1. The fraction of sp³-hybridized carbons (Fsp3) is 0.190. The van der Waals surface area contributed by atoms with E-state index in [2.05, 4.69) is 10.3 Å². The Morgan fingerprint density at radius 2 is 2.10 bits per heavy atom. The van der Waals surface area contributed by atoms with Gasteiger partial charge in [0, 0.05) is 21.7 Å². The predicted molar refractivity (Wildman–Crippen MR) is 115 cm³/mol. The van der Waals surface area contributed by atoms with Crippen molar-refractivity contribution in [3.05, 3.63) is 57.4 Å². The van der Waals surface area contributed by atoms with Crippen molar-refractivity contribution in [1.82, 2.24) is 4.98 Å². The lowest BCUT2D eigenvalue weighted by Crippen LogP contribution is -2.43. The number of aryl methyl sites for hydroxylation is 2. The number of ether oxygens (including phenoxy) is 1. The zero-order valence-corrected chi connectivity index (χ0v) is 17.4. The summed E-state index contributed by atoms with van der Waals surface area (Å²) in [6.45, 7) is 3.59. The van der Waals surface area contributed by atoms with Gasteiger partial charge in [-0.05, 0) is 49.7 Å². The molecule has 0 saturated carbocycles. The van der Waals surface area contributed by atoms with Crippen molar-refractivity contribution in [3.63, 3.8) is 0 Å². The minimum absolute atomic E-state index is 0.106. The molecule has 0 unspecified atom stereocenters. The van der Waals surface area contributed by atoms with E-state index in [1.54, 1.807) is 29.5 Å². The molecule has 6 nitrogen and oxygen atoms in total. The number of anilines is 2. The molecule has 0 saturated heterocycles. The molecule has 1 aliphatic rings. The first kappa shape index (κ1) is 19.4. The smallest absolute Gasteiger partial charge is 0.265 e. The van der Waals surface area contributed by atoms with Crippen molar-refractivity contribution in [3.8, 4) is 17.0 Å². The lowest BCUT2D eigenvalue weighted by atomic mass is 10.1. The molecule has 0 bridgehead atoms. The van der Waals surface area contributed by atoms with E-state index in [0.29, 0.717) is 22.1 Å². The zero-order valence-electron chi connectivity index (χ0n) is 15.9. The Bertz CT molecular complexity index is 1110. The molecule has 1 N–H and O–H groups in total. The van der Waals surface area contributed by atoms with Crippen molar-refractivity contribution >= 4 is 46.1 Å². The summed E-state index contributed by atoms with van der Waals surface area (Å²) in [7, 11) is 0. The highest BCUT2D eigenvalue weighted by Gasteiger charge is 2.28.